The van der Waals surface area contributed by atoms with Gasteiger partial charge in [-0.25, -0.2) is 4.98 Å². The molecule has 0 spiro atoms. The summed E-state index contributed by atoms with van der Waals surface area (Å²) >= 11 is 0. The van der Waals surface area contributed by atoms with Crippen molar-refractivity contribution in [1.82, 2.24) is 10.3 Å². The van der Waals surface area contributed by atoms with E-state index in [1.165, 1.54) is 0 Å². The van der Waals surface area contributed by atoms with Gasteiger partial charge in [0.1, 0.15) is 11.9 Å². The van der Waals surface area contributed by atoms with Gasteiger partial charge >= 0.3 is 0 Å². The lowest BCUT2D eigenvalue weighted by atomic mass is 10.2. The molecular weight excluding hydrogens is 194 g/mol. The normalized spacial score (nSPS) is 19.7. The number of nitrogens with one attached hydrogen (secondary N) is 2. The van der Waals surface area contributed by atoms with Crippen molar-refractivity contribution < 1.29 is 9.59 Å². The van der Waals surface area contributed by atoms with Gasteiger partial charge in [-0.2, -0.15) is 0 Å². The summed E-state index contributed by atoms with van der Waals surface area (Å²) in [7, 11) is 0. The third-order valence-corrected chi connectivity index (χ3v) is 2.23. The first kappa shape index (κ1) is 9.64. The average molecular weight is 205 g/mol. The zero-order valence-electron chi connectivity index (χ0n) is 8.06. The highest BCUT2D eigenvalue weighted by Gasteiger charge is 2.27. The Morgan fingerprint density at radius 1 is 1.53 bits per heavy atom. The summed E-state index contributed by atoms with van der Waals surface area (Å²) in [4.78, 5) is 26.5. The molecule has 5 heteroatoms. The van der Waals surface area contributed by atoms with Crippen LogP contribution in [0.5, 0.6) is 0 Å². The van der Waals surface area contributed by atoms with Crippen molar-refractivity contribution in [2.75, 3.05) is 5.32 Å². The van der Waals surface area contributed by atoms with Gasteiger partial charge in [0.05, 0.1) is 0 Å². The molecule has 2 amide bonds. The van der Waals surface area contributed by atoms with E-state index in [0.29, 0.717) is 18.7 Å². The van der Waals surface area contributed by atoms with Crippen molar-refractivity contribution in [3.05, 3.63) is 24.4 Å². The highest BCUT2D eigenvalue weighted by atomic mass is 16.2. The number of carbonyl (C=O) groups excluding carboxylic acids is 2. The van der Waals surface area contributed by atoms with Crippen molar-refractivity contribution in [3.63, 3.8) is 0 Å². The Balaban J connectivity index is 1.96. The zero-order chi connectivity index (χ0) is 10.7. The summed E-state index contributed by atoms with van der Waals surface area (Å²) < 4.78 is 0. The molecule has 2 rings (SSSR count). The molecule has 1 aromatic rings. The Labute approximate surface area is 86.9 Å². The number of aromatic nitrogens is 1. The molecule has 0 aliphatic carbocycles. The minimum absolute atomic E-state index is 0.0730. The summed E-state index contributed by atoms with van der Waals surface area (Å²) in [6, 6.07) is 4.84. The Hall–Kier alpha value is -1.91. The Bertz CT molecular complexity index is 378. The quantitative estimate of drug-likeness (QED) is 0.729. The molecule has 0 saturated carbocycles. The number of nitrogens with zero attached hydrogens (tertiary/aromatic N) is 1. The van der Waals surface area contributed by atoms with Gasteiger partial charge in [0.25, 0.3) is 0 Å². The number of carbonyl (C=O) groups is 2. The molecule has 1 fully saturated rings. The summed E-state index contributed by atoms with van der Waals surface area (Å²) in [6.07, 6.45) is 2.57. The molecular formula is C10H11N3O2. The molecule has 15 heavy (non-hydrogen) atoms. The highest BCUT2D eigenvalue weighted by molar-refractivity contribution is 5.98. The van der Waals surface area contributed by atoms with Crippen LogP contribution in [0.4, 0.5) is 5.82 Å². The average Bonchev–Trinajstić information content (AvgIpc) is 2.66. The second-order valence-electron chi connectivity index (χ2n) is 3.36. The number of amides is 2. The van der Waals surface area contributed by atoms with Crippen LogP contribution >= 0.6 is 0 Å². The van der Waals surface area contributed by atoms with E-state index in [4.69, 9.17) is 0 Å². The van der Waals surface area contributed by atoms with Crippen molar-refractivity contribution in [2.45, 2.75) is 18.9 Å². The van der Waals surface area contributed by atoms with Crippen LogP contribution in [0, 0.1) is 0 Å². The van der Waals surface area contributed by atoms with E-state index in [9.17, 15) is 9.59 Å². The van der Waals surface area contributed by atoms with E-state index in [2.05, 4.69) is 15.6 Å². The molecule has 1 atom stereocenters. The number of rotatable bonds is 2. The van der Waals surface area contributed by atoms with Gasteiger partial charge in [0, 0.05) is 12.6 Å². The maximum atomic E-state index is 11.6. The van der Waals surface area contributed by atoms with Crippen LogP contribution in [-0.2, 0) is 9.59 Å². The largest absolute Gasteiger partial charge is 0.344 e. The zero-order valence-corrected chi connectivity index (χ0v) is 8.06. The first-order chi connectivity index (χ1) is 7.25. The maximum Gasteiger partial charge on any atom is 0.248 e. The standard InChI is InChI=1S/C10H11N3O2/c14-9-5-4-7(12-9)10(15)13-8-3-1-2-6-11-8/h1-3,6-7H,4-5H2,(H,12,14)(H,11,13,15)/t7-/m1/s1. The summed E-state index contributed by atoms with van der Waals surface area (Å²) in [5.74, 6) is 0.222. The number of hydrogen-bond acceptors (Lipinski definition) is 3. The maximum absolute atomic E-state index is 11.6. The van der Waals surface area contributed by atoms with Crippen LogP contribution in [0.25, 0.3) is 0 Å². The van der Waals surface area contributed by atoms with Crippen LogP contribution in [0.1, 0.15) is 12.8 Å². The van der Waals surface area contributed by atoms with Gasteiger partial charge in [0.15, 0.2) is 0 Å². The number of anilines is 1. The van der Waals surface area contributed by atoms with Crippen LogP contribution in [0.15, 0.2) is 24.4 Å². The van der Waals surface area contributed by atoms with E-state index in [1.807, 2.05) is 0 Å². The molecule has 2 heterocycles. The summed E-state index contributed by atoms with van der Waals surface area (Å²) in [5.41, 5.74) is 0. The van der Waals surface area contributed by atoms with Gasteiger partial charge in [-0.15, -0.1) is 0 Å². The predicted octanol–water partition coefficient (Wildman–Crippen LogP) is 0.299. The van der Waals surface area contributed by atoms with Gasteiger partial charge in [-0.3, -0.25) is 9.59 Å². The fraction of sp³-hybridized carbons (Fsp3) is 0.300. The third-order valence-electron chi connectivity index (χ3n) is 2.23. The van der Waals surface area contributed by atoms with E-state index < -0.39 is 6.04 Å². The fourth-order valence-electron chi connectivity index (χ4n) is 1.46. The Kier molecular flexibility index (Phi) is 2.62. The second kappa shape index (κ2) is 4.08. The molecule has 1 saturated heterocycles. The topological polar surface area (TPSA) is 71.1 Å². The number of pyridine rings is 1. The Morgan fingerprint density at radius 2 is 2.40 bits per heavy atom. The lowest BCUT2D eigenvalue weighted by Gasteiger charge is -2.09. The van der Waals surface area contributed by atoms with Crippen molar-refractivity contribution in [2.24, 2.45) is 0 Å². The summed E-state index contributed by atoms with van der Waals surface area (Å²) in [6.45, 7) is 0. The van der Waals surface area contributed by atoms with E-state index >= 15 is 0 Å². The first-order valence-corrected chi connectivity index (χ1v) is 4.77. The van der Waals surface area contributed by atoms with Gasteiger partial charge in [0.2, 0.25) is 11.8 Å². The molecule has 0 radical (unpaired) electrons. The van der Waals surface area contributed by atoms with Crippen molar-refractivity contribution in [1.29, 1.82) is 0 Å². The molecule has 0 unspecified atom stereocenters. The Morgan fingerprint density at radius 3 is 3.00 bits per heavy atom. The molecule has 1 aliphatic heterocycles. The predicted molar refractivity (Wildman–Crippen MR) is 54.0 cm³/mol. The fourth-order valence-corrected chi connectivity index (χ4v) is 1.46. The lowest BCUT2D eigenvalue weighted by Crippen LogP contribution is -2.37. The molecule has 1 aromatic heterocycles. The SMILES string of the molecule is O=C1CC[C@H](C(=O)Nc2ccccn2)N1. The minimum atomic E-state index is -0.417. The minimum Gasteiger partial charge on any atom is -0.344 e. The highest BCUT2D eigenvalue weighted by Crippen LogP contribution is 2.09. The van der Waals surface area contributed by atoms with Crippen LogP contribution < -0.4 is 10.6 Å². The molecule has 78 valence electrons. The van der Waals surface area contributed by atoms with Crippen LogP contribution in [0.3, 0.4) is 0 Å². The van der Waals surface area contributed by atoms with E-state index in [0.717, 1.165) is 0 Å². The van der Waals surface area contributed by atoms with Crippen molar-refractivity contribution in [3.8, 4) is 0 Å². The molecule has 1 aliphatic rings. The van der Waals surface area contributed by atoms with Crippen molar-refractivity contribution >= 4 is 17.6 Å². The van der Waals surface area contributed by atoms with Gasteiger partial charge < -0.3 is 10.6 Å². The van der Waals surface area contributed by atoms with Crippen LogP contribution in [0.2, 0.25) is 0 Å². The van der Waals surface area contributed by atoms with E-state index in [-0.39, 0.29) is 11.8 Å². The summed E-state index contributed by atoms with van der Waals surface area (Å²) in [5, 5.41) is 5.23. The van der Waals surface area contributed by atoms with Gasteiger partial charge in [-0.05, 0) is 18.6 Å². The van der Waals surface area contributed by atoms with Crippen LogP contribution in [-0.4, -0.2) is 22.8 Å². The van der Waals surface area contributed by atoms with Gasteiger partial charge in [-0.1, -0.05) is 6.07 Å². The lowest BCUT2D eigenvalue weighted by molar-refractivity contribution is -0.122. The monoisotopic (exact) mass is 205 g/mol. The second-order valence-corrected chi connectivity index (χ2v) is 3.36. The third kappa shape index (κ3) is 2.31. The molecule has 2 N–H and O–H groups in total. The molecule has 0 bridgehead atoms. The molecule has 5 nitrogen and oxygen atoms in total. The number of hydrogen-bond donors (Lipinski definition) is 2. The first-order valence-electron chi connectivity index (χ1n) is 4.77. The smallest absolute Gasteiger partial charge is 0.248 e. The van der Waals surface area contributed by atoms with E-state index in [1.54, 1.807) is 24.4 Å². The molecule has 0 aromatic carbocycles.